The van der Waals surface area contributed by atoms with Crippen LogP contribution in [0.5, 0.6) is 0 Å². The highest BCUT2D eigenvalue weighted by Crippen LogP contribution is 2.29. The molecule has 2 rings (SSSR count). The van der Waals surface area contributed by atoms with Gasteiger partial charge in [-0.05, 0) is 32.1 Å². The molecular weight excluding hydrogens is 224 g/mol. The normalized spacial score (nSPS) is 24.2. The van der Waals surface area contributed by atoms with Gasteiger partial charge >= 0.3 is 0 Å². The molecule has 18 heavy (non-hydrogen) atoms. The van der Waals surface area contributed by atoms with Crippen LogP contribution in [0.1, 0.15) is 31.7 Å². The summed E-state index contributed by atoms with van der Waals surface area (Å²) in [4.78, 5) is 11.5. The van der Waals surface area contributed by atoms with Crippen LogP contribution in [0.4, 0.5) is 11.6 Å². The SMILES string of the molecule is CNc1nc(C)nc(N2CCC(C)C(C)C2)c1C. The van der Waals surface area contributed by atoms with Crippen LogP contribution in [0.2, 0.25) is 0 Å². The minimum absolute atomic E-state index is 0.728. The molecule has 1 N–H and O–H groups in total. The highest BCUT2D eigenvalue weighted by molar-refractivity contribution is 5.58. The molecule has 0 aromatic carbocycles. The van der Waals surface area contributed by atoms with Gasteiger partial charge in [0.05, 0.1) is 0 Å². The van der Waals surface area contributed by atoms with E-state index in [4.69, 9.17) is 0 Å². The molecule has 1 aromatic heterocycles. The molecule has 1 aliphatic heterocycles. The third-order valence-electron chi connectivity index (χ3n) is 4.10. The average Bonchev–Trinajstić information content (AvgIpc) is 2.35. The topological polar surface area (TPSA) is 41.1 Å². The van der Waals surface area contributed by atoms with Gasteiger partial charge in [-0.3, -0.25) is 0 Å². The third kappa shape index (κ3) is 2.42. The molecule has 100 valence electrons. The van der Waals surface area contributed by atoms with E-state index >= 15 is 0 Å². The summed E-state index contributed by atoms with van der Waals surface area (Å²) in [6.45, 7) is 10.9. The summed E-state index contributed by atoms with van der Waals surface area (Å²) in [5, 5.41) is 3.16. The molecule has 1 fully saturated rings. The molecule has 4 nitrogen and oxygen atoms in total. The van der Waals surface area contributed by atoms with Crippen molar-refractivity contribution in [2.75, 3.05) is 30.4 Å². The summed E-state index contributed by atoms with van der Waals surface area (Å²) < 4.78 is 0. The van der Waals surface area contributed by atoms with E-state index in [1.54, 1.807) is 0 Å². The van der Waals surface area contributed by atoms with Gasteiger partial charge in [-0.25, -0.2) is 9.97 Å². The Morgan fingerprint density at radius 1 is 1.17 bits per heavy atom. The van der Waals surface area contributed by atoms with Gasteiger partial charge in [0.2, 0.25) is 0 Å². The Balaban J connectivity index is 2.30. The molecule has 4 heteroatoms. The molecule has 0 amide bonds. The minimum atomic E-state index is 0.728. The Labute approximate surface area is 110 Å². The number of aromatic nitrogens is 2. The second-order valence-electron chi connectivity index (χ2n) is 5.51. The zero-order chi connectivity index (χ0) is 13.3. The number of hydrogen-bond acceptors (Lipinski definition) is 4. The minimum Gasteiger partial charge on any atom is -0.373 e. The van der Waals surface area contributed by atoms with Gasteiger partial charge in [0.25, 0.3) is 0 Å². The zero-order valence-electron chi connectivity index (χ0n) is 12.1. The summed E-state index contributed by atoms with van der Waals surface area (Å²) in [6, 6.07) is 0. The Hall–Kier alpha value is -1.32. The second kappa shape index (κ2) is 5.12. The van der Waals surface area contributed by atoms with Gasteiger partial charge in [0.1, 0.15) is 17.5 Å². The van der Waals surface area contributed by atoms with E-state index in [1.165, 1.54) is 6.42 Å². The molecule has 0 radical (unpaired) electrons. The van der Waals surface area contributed by atoms with Crippen LogP contribution in [0.3, 0.4) is 0 Å². The highest BCUT2D eigenvalue weighted by Gasteiger charge is 2.25. The lowest BCUT2D eigenvalue weighted by molar-refractivity contribution is 0.322. The van der Waals surface area contributed by atoms with E-state index in [2.05, 4.69) is 41.0 Å². The number of rotatable bonds is 2. The van der Waals surface area contributed by atoms with Crippen LogP contribution in [0.15, 0.2) is 0 Å². The summed E-state index contributed by atoms with van der Waals surface area (Å²) >= 11 is 0. The smallest absolute Gasteiger partial charge is 0.137 e. The monoisotopic (exact) mass is 248 g/mol. The fourth-order valence-electron chi connectivity index (χ4n) is 2.62. The van der Waals surface area contributed by atoms with Crippen molar-refractivity contribution in [3.05, 3.63) is 11.4 Å². The quantitative estimate of drug-likeness (QED) is 0.873. The van der Waals surface area contributed by atoms with Gasteiger partial charge in [-0.2, -0.15) is 0 Å². The first-order valence-electron chi connectivity index (χ1n) is 6.81. The first kappa shape index (κ1) is 13.1. The molecule has 2 unspecified atom stereocenters. The van der Waals surface area contributed by atoms with Crippen molar-refractivity contribution in [1.82, 2.24) is 9.97 Å². The average molecular weight is 248 g/mol. The van der Waals surface area contributed by atoms with Gasteiger partial charge in [0, 0.05) is 25.7 Å². The molecule has 0 aliphatic carbocycles. The predicted octanol–water partition coefficient (Wildman–Crippen LogP) is 2.62. The molecule has 1 aliphatic rings. The molecule has 1 aromatic rings. The van der Waals surface area contributed by atoms with Crippen molar-refractivity contribution in [1.29, 1.82) is 0 Å². The number of piperidine rings is 1. The number of nitrogens with one attached hydrogen (secondary N) is 1. The highest BCUT2D eigenvalue weighted by atomic mass is 15.2. The van der Waals surface area contributed by atoms with E-state index < -0.39 is 0 Å². The maximum atomic E-state index is 4.64. The molecule has 0 spiro atoms. The van der Waals surface area contributed by atoms with E-state index in [-0.39, 0.29) is 0 Å². The maximum Gasteiger partial charge on any atom is 0.137 e. The lowest BCUT2D eigenvalue weighted by Crippen LogP contribution is -2.39. The lowest BCUT2D eigenvalue weighted by atomic mass is 9.88. The summed E-state index contributed by atoms with van der Waals surface area (Å²) in [5.41, 5.74) is 1.16. The van der Waals surface area contributed by atoms with Crippen molar-refractivity contribution < 1.29 is 0 Å². The lowest BCUT2D eigenvalue weighted by Gasteiger charge is -2.37. The van der Waals surface area contributed by atoms with Gasteiger partial charge in [0.15, 0.2) is 0 Å². The number of hydrogen-bond donors (Lipinski definition) is 1. The maximum absolute atomic E-state index is 4.64. The van der Waals surface area contributed by atoms with Crippen molar-refractivity contribution in [3.8, 4) is 0 Å². The molecule has 0 bridgehead atoms. The van der Waals surface area contributed by atoms with E-state index in [9.17, 15) is 0 Å². The fourth-order valence-corrected chi connectivity index (χ4v) is 2.62. The zero-order valence-corrected chi connectivity index (χ0v) is 12.1. The van der Waals surface area contributed by atoms with Crippen molar-refractivity contribution >= 4 is 11.6 Å². The molecular formula is C14H24N4. The van der Waals surface area contributed by atoms with Gasteiger partial charge in [-0.1, -0.05) is 13.8 Å². The number of anilines is 2. The van der Waals surface area contributed by atoms with Crippen LogP contribution >= 0.6 is 0 Å². The summed E-state index contributed by atoms with van der Waals surface area (Å²) in [6.07, 6.45) is 1.25. The molecule has 1 saturated heterocycles. The Morgan fingerprint density at radius 3 is 2.50 bits per heavy atom. The van der Waals surface area contributed by atoms with E-state index in [0.29, 0.717) is 0 Å². The second-order valence-corrected chi connectivity index (χ2v) is 5.51. The van der Waals surface area contributed by atoms with Gasteiger partial charge in [-0.15, -0.1) is 0 Å². The number of nitrogens with zero attached hydrogens (tertiary/aromatic N) is 3. The number of aryl methyl sites for hydroxylation is 1. The molecule has 2 heterocycles. The third-order valence-corrected chi connectivity index (χ3v) is 4.10. The largest absolute Gasteiger partial charge is 0.373 e. The van der Waals surface area contributed by atoms with Crippen LogP contribution in [0.25, 0.3) is 0 Å². The van der Waals surface area contributed by atoms with Crippen molar-refractivity contribution in [2.45, 2.75) is 34.1 Å². The Morgan fingerprint density at radius 2 is 1.89 bits per heavy atom. The Kier molecular flexibility index (Phi) is 3.73. The van der Waals surface area contributed by atoms with Crippen LogP contribution < -0.4 is 10.2 Å². The van der Waals surface area contributed by atoms with Crippen molar-refractivity contribution in [2.24, 2.45) is 11.8 Å². The first-order chi connectivity index (χ1) is 8.52. The predicted molar refractivity (Wildman–Crippen MR) is 76.2 cm³/mol. The summed E-state index contributed by atoms with van der Waals surface area (Å²) in [7, 11) is 1.92. The van der Waals surface area contributed by atoms with Crippen molar-refractivity contribution in [3.63, 3.8) is 0 Å². The molecule has 0 saturated carbocycles. The Bertz CT molecular complexity index is 430. The van der Waals surface area contributed by atoms with Crippen LogP contribution in [0, 0.1) is 25.7 Å². The van der Waals surface area contributed by atoms with Crippen LogP contribution in [-0.4, -0.2) is 30.1 Å². The molecule has 2 atom stereocenters. The van der Waals surface area contributed by atoms with Gasteiger partial charge < -0.3 is 10.2 Å². The first-order valence-corrected chi connectivity index (χ1v) is 6.81. The summed E-state index contributed by atoms with van der Waals surface area (Å²) in [5.74, 6) is 4.43. The van der Waals surface area contributed by atoms with E-state index in [1.807, 2.05) is 14.0 Å². The standard InChI is InChI=1S/C14H24N4/c1-9-6-7-18(8-10(9)2)14-11(3)13(15-5)16-12(4)17-14/h9-10H,6-8H2,1-5H3,(H,15,16,17). The van der Waals surface area contributed by atoms with E-state index in [0.717, 1.165) is 47.9 Å². The van der Waals surface area contributed by atoms with Crippen LogP contribution in [-0.2, 0) is 0 Å². The fraction of sp³-hybridized carbons (Fsp3) is 0.714.